The Morgan fingerprint density at radius 1 is 1.08 bits per heavy atom. The van der Waals surface area contributed by atoms with Crippen LogP contribution in [0.3, 0.4) is 0 Å². The monoisotopic (exact) mass is 343 g/mol. The fourth-order valence-corrected chi connectivity index (χ4v) is 2.82. The van der Waals surface area contributed by atoms with Crippen molar-refractivity contribution in [2.24, 2.45) is 0 Å². The first kappa shape index (κ1) is 16.0. The zero-order chi connectivity index (χ0) is 17.9. The van der Waals surface area contributed by atoms with Crippen LogP contribution >= 0.6 is 0 Å². The number of amides is 1. The number of rotatable bonds is 4. The van der Waals surface area contributed by atoms with Crippen molar-refractivity contribution in [1.29, 1.82) is 0 Å². The lowest BCUT2D eigenvalue weighted by atomic mass is 10.1. The van der Waals surface area contributed by atoms with Crippen molar-refractivity contribution < 1.29 is 4.79 Å². The van der Waals surface area contributed by atoms with Crippen molar-refractivity contribution in [1.82, 2.24) is 19.8 Å². The van der Waals surface area contributed by atoms with E-state index in [0.29, 0.717) is 12.1 Å². The summed E-state index contributed by atoms with van der Waals surface area (Å²) < 4.78 is 1.63. The van der Waals surface area contributed by atoms with E-state index < -0.39 is 0 Å². The van der Waals surface area contributed by atoms with Crippen LogP contribution in [0.4, 0.5) is 5.69 Å². The van der Waals surface area contributed by atoms with Gasteiger partial charge < -0.3 is 5.32 Å². The van der Waals surface area contributed by atoms with Crippen LogP contribution in [-0.2, 0) is 11.2 Å². The van der Waals surface area contributed by atoms with Crippen molar-refractivity contribution in [2.45, 2.75) is 13.3 Å². The predicted molar refractivity (Wildman–Crippen MR) is 99.7 cm³/mol. The molecule has 0 atom stereocenters. The Kier molecular flexibility index (Phi) is 4.15. The van der Waals surface area contributed by atoms with Crippen LogP contribution in [0.5, 0.6) is 0 Å². The number of carbonyl (C=O) groups is 1. The Balaban J connectivity index is 1.46. The van der Waals surface area contributed by atoms with E-state index >= 15 is 0 Å². The average Bonchev–Trinajstić information content (AvgIpc) is 3.10. The van der Waals surface area contributed by atoms with Gasteiger partial charge in [-0.25, -0.2) is 0 Å². The molecule has 2 aromatic carbocycles. The van der Waals surface area contributed by atoms with Crippen LogP contribution in [0.2, 0.25) is 0 Å². The van der Waals surface area contributed by atoms with E-state index in [4.69, 9.17) is 0 Å². The van der Waals surface area contributed by atoms with Crippen molar-refractivity contribution >= 4 is 17.2 Å². The molecule has 0 bridgehead atoms. The molecule has 0 saturated heterocycles. The molecule has 26 heavy (non-hydrogen) atoms. The second-order valence-corrected chi connectivity index (χ2v) is 6.14. The number of fused-ring (bicyclic) bond motifs is 1. The Bertz CT molecular complexity index is 1070. The normalized spacial score (nSPS) is 10.8. The first-order valence-electron chi connectivity index (χ1n) is 8.30. The molecule has 1 amide bonds. The molecule has 128 valence electrons. The van der Waals surface area contributed by atoms with E-state index in [9.17, 15) is 4.79 Å². The van der Waals surface area contributed by atoms with E-state index in [-0.39, 0.29) is 5.91 Å². The number of aromatic nitrogens is 4. The molecule has 0 saturated carbocycles. The molecule has 4 rings (SSSR count). The number of benzene rings is 2. The Morgan fingerprint density at radius 3 is 2.73 bits per heavy atom. The van der Waals surface area contributed by atoms with Crippen LogP contribution < -0.4 is 5.32 Å². The molecule has 2 aromatic heterocycles. The van der Waals surface area contributed by atoms with E-state index in [0.717, 1.165) is 28.1 Å². The van der Waals surface area contributed by atoms with Gasteiger partial charge in [0.2, 0.25) is 5.91 Å². The molecule has 0 aliphatic rings. The van der Waals surface area contributed by atoms with Crippen molar-refractivity contribution in [2.75, 3.05) is 5.32 Å². The highest BCUT2D eigenvalue weighted by Crippen LogP contribution is 2.20. The minimum Gasteiger partial charge on any atom is -0.326 e. The highest BCUT2D eigenvalue weighted by atomic mass is 16.1. The second kappa shape index (κ2) is 6.76. The lowest BCUT2D eigenvalue weighted by molar-refractivity contribution is -0.115. The van der Waals surface area contributed by atoms with Gasteiger partial charge in [0.15, 0.2) is 5.65 Å². The number of nitrogens with zero attached hydrogens (tertiary/aromatic N) is 4. The summed E-state index contributed by atoms with van der Waals surface area (Å²) in [7, 11) is 0. The number of hydrogen-bond acceptors (Lipinski definition) is 4. The highest BCUT2D eigenvalue weighted by molar-refractivity contribution is 5.92. The van der Waals surface area contributed by atoms with Crippen LogP contribution in [0.25, 0.3) is 16.9 Å². The lowest BCUT2D eigenvalue weighted by Gasteiger charge is -2.07. The van der Waals surface area contributed by atoms with Crippen LogP contribution in [0.15, 0.2) is 67.0 Å². The van der Waals surface area contributed by atoms with Crippen molar-refractivity contribution in [3.8, 4) is 11.3 Å². The maximum absolute atomic E-state index is 12.2. The summed E-state index contributed by atoms with van der Waals surface area (Å²) in [6, 6.07) is 19.3. The fourth-order valence-electron chi connectivity index (χ4n) is 2.82. The van der Waals surface area contributed by atoms with Gasteiger partial charge >= 0.3 is 0 Å². The lowest BCUT2D eigenvalue weighted by Crippen LogP contribution is -2.14. The second-order valence-electron chi connectivity index (χ2n) is 6.14. The smallest absolute Gasteiger partial charge is 0.228 e. The van der Waals surface area contributed by atoms with E-state index in [1.165, 1.54) is 0 Å². The third kappa shape index (κ3) is 3.44. The summed E-state index contributed by atoms with van der Waals surface area (Å²) in [5.74, 6) is -0.0348. The Hall–Kier alpha value is -3.54. The van der Waals surface area contributed by atoms with Gasteiger partial charge in [-0.05, 0) is 36.8 Å². The fraction of sp³-hybridized carbons (Fsp3) is 0.100. The van der Waals surface area contributed by atoms with Gasteiger partial charge in [-0.15, -0.1) is 10.2 Å². The molecule has 1 N–H and O–H groups in total. The van der Waals surface area contributed by atoms with Gasteiger partial charge in [0.1, 0.15) is 6.33 Å². The minimum atomic E-state index is -0.0348. The van der Waals surface area contributed by atoms with Crippen LogP contribution in [0, 0.1) is 6.92 Å². The van der Waals surface area contributed by atoms with E-state index in [1.54, 1.807) is 10.8 Å². The van der Waals surface area contributed by atoms with E-state index in [1.807, 2.05) is 67.6 Å². The molecule has 6 heteroatoms. The standard InChI is InChI=1S/C20H17N5O/c1-14-3-2-4-15(11-14)12-20(26)22-17-7-5-16(6-8-17)18-9-10-19-23-21-13-25(19)24-18/h2-11,13H,12H2,1H3,(H,22,26). The van der Waals surface area contributed by atoms with Gasteiger partial charge in [-0.3, -0.25) is 4.79 Å². The summed E-state index contributed by atoms with van der Waals surface area (Å²) in [5, 5.41) is 15.2. The third-order valence-corrected chi connectivity index (χ3v) is 4.07. The van der Waals surface area contributed by atoms with Gasteiger partial charge in [-0.2, -0.15) is 9.61 Å². The van der Waals surface area contributed by atoms with Gasteiger partial charge in [0.05, 0.1) is 12.1 Å². The SMILES string of the molecule is Cc1cccc(CC(=O)Nc2ccc(-c3ccc4nncn4n3)cc2)c1. The quantitative estimate of drug-likeness (QED) is 0.617. The van der Waals surface area contributed by atoms with Crippen molar-refractivity contribution in [3.63, 3.8) is 0 Å². The summed E-state index contributed by atoms with van der Waals surface area (Å²) in [6.45, 7) is 2.02. The molecule has 0 radical (unpaired) electrons. The molecule has 0 aliphatic carbocycles. The molecule has 6 nitrogen and oxygen atoms in total. The number of hydrogen-bond donors (Lipinski definition) is 1. The molecular weight excluding hydrogens is 326 g/mol. The zero-order valence-corrected chi connectivity index (χ0v) is 14.3. The van der Waals surface area contributed by atoms with Gasteiger partial charge in [0, 0.05) is 11.3 Å². The molecule has 0 fully saturated rings. The number of nitrogens with one attached hydrogen (secondary N) is 1. The van der Waals surface area contributed by atoms with Crippen molar-refractivity contribution in [3.05, 3.63) is 78.1 Å². The number of aryl methyl sites for hydroxylation is 1. The molecule has 4 aromatic rings. The molecule has 0 spiro atoms. The maximum atomic E-state index is 12.2. The Labute approximate surface area is 150 Å². The summed E-state index contributed by atoms with van der Waals surface area (Å²) in [5.41, 5.74) is 5.39. The molecule has 0 unspecified atom stereocenters. The summed E-state index contributed by atoms with van der Waals surface area (Å²) in [4.78, 5) is 12.2. The first-order valence-corrected chi connectivity index (χ1v) is 8.30. The number of anilines is 1. The van der Waals surface area contributed by atoms with Gasteiger partial charge in [0.25, 0.3) is 0 Å². The van der Waals surface area contributed by atoms with Gasteiger partial charge in [-0.1, -0.05) is 42.0 Å². The van der Waals surface area contributed by atoms with Crippen LogP contribution in [-0.4, -0.2) is 25.7 Å². The first-order chi connectivity index (χ1) is 12.7. The predicted octanol–water partition coefficient (Wildman–Crippen LogP) is 3.28. The number of carbonyl (C=O) groups excluding carboxylic acids is 1. The Morgan fingerprint density at radius 2 is 1.92 bits per heavy atom. The maximum Gasteiger partial charge on any atom is 0.228 e. The average molecular weight is 343 g/mol. The molecular formula is C20H17N5O. The van der Waals surface area contributed by atoms with E-state index in [2.05, 4.69) is 20.6 Å². The minimum absolute atomic E-state index is 0.0348. The zero-order valence-electron chi connectivity index (χ0n) is 14.3. The third-order valence-electron chi connectivity index (χ3n) is 4.07. The topological polar surface area (TPSA) is 72.2 Å². The molecule has 2 heterocycles. The summed E-state index contributed by atoms with van der Waals surface area (Å²) in [6.07, 6.45) is 1.92. The highest BCUT2D eigenvalue weighted by Gasteiger charge is 2.06. The molecule has 0 aliphatic heterocycles. The van der Waals surface area contributed by atoms with Crippen LogP contribution in [0.1, 0.15) is 11.1 Å². The largest absolute Gasteiger partial charge is 0.326 e. The summed E-state index contributed by atoms with van der Waals surface area (Å²) >= 11 is 0.